The van der Waals surface area contributed by atoms with E-state index in [1.165, 1.54) is 0 Å². The van der Waals surface area contributed by atoms with Crippen LogP contribution in [-0.2, 0) is 4.79 Å². The number of rotatable bonds is 8. The van der Waals surface area contributed by atoms with Crippen LogP contribution in [0.3, 0.4) is 0 Å². The Morgan fingerprint density at radius 3 is 2.69 bits per heavy atom. The number of benzene rings is 1. The summed E-state index contributed by atoms with van der Waals surface area (Å²) in [6, 6.07) is 8.09. The van der Waals surface area contributed by atoms with Gasteiger partial charge in [0.25, 0.3) is 0 Å². The van der Waals surface area contributed by atoms with E-state index in [4.69, 9.17) is 0 Å². The Morgan fingerprint density at radius 2 is 2.00 bits per heavy atom. The standard InChI is InChI=1S/C20H31N5O/c1-3-24(4-2)13-7-12-21-19(26)16-10-14-25(15-11-16)20-22-17-8-5-6-9-18(17)23-20/h5-6,8-9,16H,3-4,7,10-15H2,1-2H3,(H,21,26)(H,22,23). The van der Waals surface area contributed by atoms with E-state index in [9.17, 15) is 4.79 Å². The second-order valence-electron chi connectivity index (χ2n) is 7.01. The largest absolute Gasteiger partial charge is 0.356 e. The van der Waals surface area contributed by atoms with Gasteiger partial charge in [-0.1, -0.05) is 26.0 Å². The van der Waals surface area contributed by atoms with E-state index >= 15 is 0 Å². The van der Waals surface area contributed by atoms with Crippen molar-refractivity contribution in [3.8, 4) is 0 Å². The maximum atomic E-state index is 12.4. The average molecular weight is 358 g/mol. The number of hydrogen-bond acceptors (Lipinski definition) is 4. The van der Waals surface area contributed by atoms with Gasteiger partial charge in [0.2, 0.25) is 11.9 Å². The first kappa shape index (κ1) is 18.7. The molecular formula is C20H31N5O. The second kappa shape index (κ2) is 9.03. The highest BCUT2D eigenvalue weighted by molar-refractivity contribution is 5.79. The Hall–Kier alpha value is -2.08. The number of aromatic amines is 1. The first-order chi connectivity index (χ1) is 12.7. The first-order valence-electron chi connectivity index (χ1n) is 9.91. The maximum Gasteiger partial charge on any atom is 0.223 e. The summed E-state index contributed by atoms with van der Waals surface area (Å²) < 4.78 is 0. The molecule has 6 heteroatoms. The molecule has 0 unspecified atom stereocenters. The van der Waals surface area contributed by atoms with Crippen molar-refractivity contribution in [2.24, 2.45) is 5.92 Å². The number of imidazole rings is 1. The maximum absolute atomic E-state index is 12.4. The third-order valence-corrected chi connectivity index (χ3v) is 5.39. The molecule has 1 aromatic carbocycles. The van der Waals surface area contributed by atoms with Crippen LogP contribution in [0, 0.1) is 5.92 Å². The lowest BCUT2D eigenvalue weighted by atomic mass is 9.96. The Balaban J connectivity index is 1.42. The summed E-state index contributed by atoms with van der Waals surface area (Å²) in [7, 11) is 0. The van der Waals surface area contributed by atoms with Crippen molar-refractivity contribution in [2.75, 3.05) is 44.2 Å². The van der Waals surface area contributed by atoms with Gasteiger partial charge >= 0.3 is 0 Å². The number of piperidine rings is 1. The number of carbonyl (C=O) groups is 1. The van der Waals surface area contributed by atoms with Gasteiger partial charge in [-0.15, -0.1) is 0 Å². The number of anilines is 1. The van der Waals surface area contributed by atoms with Crippen molar-refractivity contribution in [1.29, 1.82) is 0 Å². The van der Waals surface area contributed by atoms with E-state index in [1.54, 1.807) is 0 Å². The number of nitrogens with one attached hydrogen (secondary N) is 2. The van der Waals surface area contributed by atoms with Gasteiger partial charge < -0.3 is 20.1 Å². The molecule has 0 atom stereocenters. The van der Waals surface area contributed by atoms with Crippen molar-refractivity contribution in [3.05, 3.63) is 24.3 Å². The van der Waals surface area contributed by atoms with E-state index in [0.29, 0.717) is 0 Å². The minimum Gasteiger partial charge on any atom is -0.356 e. The second-order valence-corrected chi connectivity index (χ2v) is 7.01. The summed E-state index contributed by atoms with van der Waals surface area (Å²) >= 11 is 0. The van der Waals surface area contributed by atoms with Gasteiger partial charge in [-0.2, -0.15) is 0 Å². The molecule has 1 saturated heterocycles. The van der Waals surface area contributed by atoms with Crippen LogP contribution >= 0.6 is 0 Å². The molecule has 1 amide bonds. The van der Waals surface area contributed by atoms with E-state index in [1.807, 2.05) is 24.3 Å². The van der Waals surface area contributed by atoms with Crippen LogP contribution in [0.25, 0.3) is 11.0 Å². The van der Waals surface area contributed by atoms with Crippen LogP contribution in [0.2, 0.25) is 0 Å². The first-order valence-corrected chi connectivity index (χ1v) is 9.91. The van der Waals surface area contributed by atoms with Crippen LogP contribution in [-0.4, -0.2) is 60.0 Å². The van der Waals surface area contributed by atoms with Gasteiger partial charge in [0.15, 0.2) is 0 Å². The molecule has 0 spiro atoms. The average Bonchev–Trinajstić information content (AvgIpc) is 3.12. The van der Waals surface area contributed by atoms with Crippen LogP contribution in [0.4, 0.5) is 5.95 Å². The highest BCUT2D eigenvalue weighted by Gasteiger charge is 2.26. The van der Waals surface area contributed by atoms with Crippen LogP contribution < -0.4 is 10.2 Å². The lowest BCUT2D eigenvalue weighted by Crippen LogP contribution is -2.41. The fourth-order valence-electron chi connectivity index (χ4n) is 3.64. The van der Waals surface area contributed by atoms with Gasteiger partial charge in [-0.25, -0.2) is 4.98 Å². The molecule has 26 heavy (non-hydrogen) atoms. The fourth-order valence-corrected chi connectivity index (χ4v) is 3.64. The molecule has 1 aliphatic heterocycles. The van der Waals surface area contributed by atoms with Crippen LogP contribution in [0.1, 0.15) is 33.1 Å². The molecule has 2 aromatic rings. The molecule has 6 nitrogen and oxygen atoms in total. The van der Waals surface area contributed by atoms with E-state index in [2.05, 4.69) is 38.9 Å². The van der Waals surface area contributed by atoms with E-state index < -0.39 is 0 Å². The minimum absolute atomic E-state index is 0.129. The lowest BCUT2D eigenvalue weighted by molar-refractivity contribution is -0.125. The molecule has 0 radical (unpaired) electrons. The zero-order chi connectivity index (χ0) is 18.4. The van der Waals surface area contributed by atoms with Crippen molar-refractivity contribution >= 4 is 22.9 Å². The number of carbonyl (C=O) groups excluding carboxylic acids is 1. The highest BCUT2D eigenvalue weighted by Crippen LogP contribution is 2.23. The summed E-state index contributed by atoms with van der Waals surface area (Å²) in [5.74, 6) is 1.27. The van der Waals surface area contributed by atoms with Gasteiger partial charge in [0.05, 0.1) is 11.0 Å². The number of nitrogens with zero attached hydrogens (tertiary/aromatic N) is 3. The van der Waals surface area contributed by atoms with Crippen molar-refractivity contribution in [3.63, 3.8) is 0 Å². The number of amides is 1. The predicted molar refractivity (Wildman–Crippen MR) is 106 cm³/mol. The monoisotopic (exact) mass is 357 g/mol. The fraction of sp³-hybridized carbons (Fsp3) is 0.600. The molecule has 142 valence electrons. The summed E-state index contributed by atoms with van der Waals surface area (Å²) in [4.78, 5) is 25.1. The molecule has 0 saturated carbocycles. The smallest absolute Gasteiger partial charge is 0.223 e. The van der Waals surface area contributed by atoms with Crippen molar-refractivity contribution in [1.82, 2.24) is 20.2 Å². The number of H-pyrrole nitrogens is 1. The minimum atomic E-state index is 0.129. The number of fused-ring (bicyclic) bond motifs is 1. The zero-order valence-electron chi connectivity index (χ0n) is 16.0. The summed E-state index contributed by atoms with van der Waals surface area (Å²) in [5.41, 5.74) is 2.06. The quantitative estimate of drug-likeness (QED) is 0.713. The number of aromatic nitrogens is 2. The van der Waals surface area contributed by atoms with Gasteiger partial charge in [-0.05, 0) is 51.0 Å². The van der Waals surface area contributed by atoms with Crippen LogP contribution in [0.15, 0.2) is 24.3 Å². The molecule has 2 heterocycles. The SMILES string of the molecule is CCN(CC)CCCNC(=O)C1CCN(c2nc3ccccc3[nH]2)CC1. The molecule has 1 aliphatic rings. The summed E-state index contributed by atoms with van der Waals surface area (Å²) in [6.07, 6.45) is 2.79. The summed E-state index contributed by atoms with van der Waals surface area (Å²) in [5, 5.41) is 3.12. The van der Waals surface area contributed by atoms with E-state index in [-0.39, 0.29) is 11.8 Å². The van der Waals surface area contributed by atoms with Gasteiger partial charge in [0, 0.05) is 25.6 Å². The number of para-hydroxylation sites is 2. The molecular weight excluding hydrogens is 326 g/mol. The van der Waals surface area contributed by atoms with Gasteiger partial charge in [-0.3, -0.25) is 4.79 Å². The predicted octanol–water partition coefficient (Wildman–Crippen LogP) is 2.63. The zero-order valence-corrected chi connectivity index (χ0v) is 16.0. The Kier molecular flexibility index (Phi) is 6.50. The number of hydrogen-bond donors (Lipinski definition) is 2. The molecule has 2 N–H and O–H groups in total. The van der Waals surface area contributed by atoms with E-state index in [0.717, 1.165) is 75.5 Å². The van der Waals surface area contributed by atoms with Crippen molar-refractivity contribution in [2.45, 2.75) is 33.1 Å². The topological polar surface area (TPSA) is 64.3 Å². The Bertz CT molecular complexity index is 668. The molecule has 0 bridgehead atoms. The molecule has 1 fully saturated rings. The van der Waals surface area contributed by atoms with Crippen molar-refractivity contribution < 1.29 is 4.79 Å². The Morgan fingerprint density at radius 1 is 1.27 bits per heavy atom. The molecule has 1 aromatic heterocycles. The highest BCUT2D eigenvalue weighted by atomic mass is 16.1. The summed E-state index contributed by atoms with van der Waals surface area (Å²) in [6.45, 7) is 10.1. The molecule has 0 aliphatic carbocycles. The Labute approximate surface area is 156 Å². The lowest BCUT2D eigenvalue weighted by Gasteiger charge is -2.31. The van der Waals surface area contributed by atoms with Crippen LogP contribution in [0.5, 0.6) is 0 Å². The normalized spacial score (nSPS) is 15.7. The third-order valence-electron chi connectivity index (χ3n) is 5.39. The third kappa shape index (κ3) is 4.55. The van der Waals surface area contributed by atoms with Gasteiger partial charge in [0.1, 0.15) is 0 Å². The molecule has 3 rings (SSSR count).